The van der Waals surface area contributed by atoms with Gasteiger partial charge < -0.3 is 4.90 Å². The molecule has 0 radical (unpaired) electrons. The van der Waals surface area contributed by atoms with E-state index in [4.69, 9.17) is 0 Å². The SMILES string of the molecule is CCCN1C(=O)Cc2cc(NS(=O)(=O)NC)c(F)cc21. The van der Waals surface area contributed by atoms with E-state index < -0.39 is 16.0 Å². The lowest BCUT2D eigenvalue weighted by Crippen LogP contribution is -2.27. The summed E-state index contributed by atoms with van der Waals surface area (Å²) in [5, 5.41) is 0. The molecule has 1 aromatic rings. The molecule has 1 aliphatic heterocycles. The van der Waals surface area contributed by atoms with E-state index in [-0.39, 0.29) is 18.0 Å². The van der Waals surface area contributed by atoms with Crippen LogP contribution in [0.15, 0.2) is 12.1 Å². The van der Waals surface area contributed by atoms with E-state index in [0.717, 1.165) is 6.42 Å². The minimum atomic E-state index is -3.79. The number of anilines is 2. The molecular formula is C12H16FN3O3S. The van der Waals surface area contributed by atoms with Crippen LogP contribution in [0.25, 0.3) is 0 Å². The summed E-state index contributed by atoms with van der Waals surface area (Å²) in [7, 11) is -2.57. The largest absolute Gasteiger partial charge is 0.312 e. The van der Waals surface area contributed by atoms with Crippen molar-refractivity contribution in [3.05, 3.63) is 23.5 Å². The molecule has 0 fully saturated rings. The van der Waals surface area contributed by atoms with Gasteiger partial charge in [-0.15, -0.1) is 0 Å². The normalized spacial score (nSPS) is 14.6. The summed E-state index contributed by atoms with van der Waals surface area (Å²) in [6.07, 6.45) is 0.921. The second kappa shape index (κ2) is 5.37. The third-order valence-electron chi connectivity index (χ3n) is 3.06. The van der Waals surface area contributed by atoms with Gasteiger partial charge in [0, 0.05) is 19.7 Å². The Bertz CT molecular complexity index is 646. The molecule has 2 N–H and O–H groups in total. The first-order chi connectivity index (χ1) is 9.38. The number of benzene rings is 1. The van der Waals surface area contributed by atoms with Crippen molar-refractivity contribution in [2.45, 2.75) is 19.8 Å². The molecule has 1 aromatic carbocycles. The zero-order valence-electron chi connectivity index (χ0n) is 11.2. The summed E-state index contributed by atoms with van der Waals surface area (Å²) in [5.41, 5.74) is 0.977. The van der Waals surface area contributed by atoms with E-state index in [0.29, 0.717) is 17.8 Å². The van der Waals surface area contributed by atoms with E-state index in [1.165, 1.54) is 24.1 Å². The number of hydrogen-bond donors (Lipinski definition) is 2. The van der Waals surface area contributed by atoms with Crippen LogP contribution in [0, 0.1) is 5.82 Å². The molecule has 0 saturated heterocycles. The summed E-state index contributed by atoms with van der Waals surface area (Å²) < 4.78 is 40.9. The second-order valence-electron chi connectivity index (χ2n) is 4.49. The van der Waals surface area contributed by atoms with E-state index in [1.54, 1.807) is 0 Å². The van der Waals surface area contributed by atoms with Crippen LogP contribution in [0.2, 0.25) is 0 Å². The number of nitrogens with one attached hydrogen (secondary N) is 2. The molecule has 2 rings (SSSR count). The Hall–Kier alpha value is -1.67. The van der Waals surface area contributed by atoms with Gasteiger partial charge in [-0.1, -0.05) is 6.92 Å². The van der Waals surface area contributed by atoms with E-state index in [9.17, 15) is 17.6 Å². The van der Waals surface area contributed by atoms with Crippen molar-refractivity contribution in [1.29, 1.82) is 0 Å². The van der Waals surface area contributed by atoms with Gasteiger partial charge in [0.15, 0.2) is 0 Å². The highest BCUT2D eigenvalue weighted by Gasteiger charge is 2.28. The van der Waals surface area contributed by atoms with Gasteiger partial charge in [-0.05, 0) is 18.1 Å². The van der Waals surface area contributed by atoms with Crippen LogP contribution in [-0.4, -0.2) is 27.9 Å². The van der Waals surface area contributed by atoms with Crippen LogP contribution in [-0.2, 0) is 21.4 Å². The summed E-state index contributed by atoms with van der Waals surface area (Å²) in [6.45, 7) is 2.45. The van der Waals surface area contributed by atoms with Crippen molar-refractivity contribution < 1.29 is 17.6 Å². The maximum absolute atomic E-state index is 14.0. The molecule has 6 nitrogen and oxygen atoms in total. The van der Waals surface area contributed by atoms with Crippen LogP contribution >= 0.6 is 0 Å². The quantitative estimate of drug-likeness (QED) is 0.851. The van der Waals surface area contributed by atoms with Crippen molar-refractivity contribution in [3.63, 3.8) is 0 Å². The van der Waals surface area contributed by atoms with Gasteiger partial charge in [-0.3, -0.25) is 9.52 Å². The van der Waals surface area contributed by atoms with E-state index in [2.05, 4.69) is 4.72 Å². The predicted molar refractivity (Wildman–Crippen MR) is 74.4 cm³/mol. The van der Waals surface area contributed by atoms with Crippen molar-refractivity contribution in [2.75, 3.05) is 23.2 Å². The lowest BCUT2D eigenvalue weighted by Gasteiger charge is -2.17. The number of nitrogens with zero attached hydrogens (tertiary/aromatic N) is 1. The molecule has 1 heterocycles. The van der Waals surface area contributed by atoms with E-state index >= 15 is 0 Å². The first kappa shape index (κ1) is 14.7. The summed E-state index contributed by atoms with van der Waals surface area (Å²) in [6, 6.07) is 2.57. The molecule has 0 aromatic heterocycles. The van der Waals surface area contributed by atoms with Gasteiger partial charge in [0.1, 0.15) is 5.82 Å². The maximum atomic E-state index is 14.0. The molecule has 0 bridgehead atoms. The molecule has 20 heavy (non-hydrogen) atoms. The number of hydrogen-bond acceptors (Lipinski definition) is 3. The minimum absolute atomic E-state index is 0.102. The zero-order valence-corrected chi connectivity index (χ0v) is 12.1. The molecule has 0 atom stereocenters. The fourth-order valence-electron chi connectivity index (χ4n) is 2.14. The Morgan fingerprint density at radius 2 is 2.10 bits per heavy atom. The number of carbonyl (C=O) groups is 1. The third-order valence-corrected chi connectivity index (χ3v) is 4.09. The smallest absolute Gasteiger partial charge is 0.298 e. The van der Waals surface area contributed by atoms with Crippen LogP contribution in [0.4, 0.5) is 15.8 Å². The Balaban J connectivity index is 2.38. The van der Waals surface area contributed by atoms with E-state index in [1.807, 2.05) is 11.6 Å². The number of halogens is 1. The number of amides is 1. The molecule has 0 aliphatic carbocycles. The Kier molecular flexibility index (Phi) is 3.96. The van der Waals surface area contributed by atoms with Gasteiger partial charge in [-0.2, -0.15) is 8.42 Å². The van der Waals surface area contributed by atoms with Crippen molar-refractivity contribution in [3.8, 4) is 0 Å². The highest BCUT2D eigenvalue weighted by Crippen LogP contribution is 2.33. The number of fused-ring (bicyclic) bond motifs is 1. The van der Waals surface area contributed by atoms with Crippen LogP contribution < -0.4 is 14.3 Å². The third kappa shape index (κ3) is 2.75. The van der Waals surface area contributed by atoms with Gasteiger partial charge in [0.25, 0.3) is 10.2 Å². The van der Waals surface area contributed by atoms with Gasteiger partial charge >= 0.3 is 0 Å². The lowest BCUT2D eigenvalue weighted by molar-refractivity contribution is -0.117. The first-order valence-electron chi connectivity index (χ1n) is 6.22. The van der Waals surface area contributed by atoms with Crippen LogP contribution in [0.5, 0.6) is 0 Å². The number of rotatable bonds is 5. The monoisotopic (exact) mass is 301 g/mol. The average molecular weight is 301 g/mol. The molecule has 0 saturated carbocycles. The molecule has 110 valence electrons. The molecular weight excluding hydrogens is 285 g/mol. The molecule has 0 unspecified atom stereocenters. The molecule has 1 aliphatic rings. The first-order valence-corrected chi connectivity index (χ1v) is 7.70. The zero-order chi connectivity index (χ0) is 14.9. The molecule has 1 amide bonds. The maximum Gasteiger partial charge on any atom is 0.298 e. The fourth-order valence-corrected chi connectivity index (χ4v) is 2.68. The van der Waals surface area contributed by atoms with Crippen molar-refractivity contribution in [1.82, 2.24) is 4.72 Å². The van der Waals surface area contributed by atoms with Crippen LogP contribution in [0.1, 0.15) is 18.9 Å². The predicted octanol–water partition coefficient (Wildman–Crippen LogP) is 1.00. The average Bonchev–Trinajstić information content (AvgIpc) is 2.67. The Morgan fingerprint density at radius 1 is 1.40 bits per heavy atom. The lowest BCUT2D eigenvalue weighted by atomic mass is 10.1. The van der Waals surface area contributed by atoms with Gasteiger partial charge in [-0.25, -0.2) is 9.11 Å². The number of carbonyl (C=O) groups excluding carboxylic acids is 1. The molecule has 0 spiro atoms. The van der Waals surface area contributed by atoms with Crippen molar-refractivity contribution in [2.24, 2.45) is 0 Å². The minimum Gasteiger partial charge on any atom is -0.312 e. The van der Waals surface area contributed by atoms with Crippen LogP contribution in [0.3, 0.4) is 0 Å². The molecule has 8 heteroatoms. The van der Waals surface area contributed by atoms with Gasteiger partial charge in [0.2, 0.25) is 5.91 Å². The van der Waals surface area contributed by atoms with Crippen molar-refractivity contribution >= 4 is 27.5 Å². The Morgan fingerprint density at radius 3 is 2.70 bits per heavy atom. The topological polar surface area (TPSA) is 78.5 Å². The highest BCUT2D eigenvalue weighted by atomic mass is 32.2. The highest BCUT2D eigenvalue weighted by molar-refractivity contribution is 7.90. The standard InChI is InChI=1S/C12H16FN3O3S/c1-3-4-16-11-7-9(13)10(15-20(18,19)14-2)5-8(11)6-12(16)17/h5,7,14-15H,3-4,6H2,1-2H3. The van der Waals surface area contributed by atoms with Gasteiger partial charge in [0.05, 0.1) is 17.8 Å². The fraction of sp³-hybridized carbons (Fsp3) is 0.417. The second-order valence-corrected chi connectivity index (χ2v) is 6.11. The summed E-state index contributed by atoms with van der Waals surface area (Å²) in [5.74, 6) is -0.812. The summed E-state index contributed by atoms with van der Waals surface area (Å²) >= 11 is 0. The summed E-state index contributed by atoms with van der Waals surface area (Å²) in [4.78, 5) is 13.4. The Labute approximate surface area is 117 Å².